The van der Waals surface area contributed by atoms with Crippen LogP contribution in [0.2, 0.25) is 0 Å². The number of carbonyl (C=O) groups is 1. The van der Waals surface area contributed by atoms with E-state index in [0.717, 1.165) is 16.9 Å². The Bertz CT molecular complexity index is 1110. The fourth-order valence-electron chi connectivity index (χ4n) is 3.16. The van der Waals surface area contributed by atoms with E-state index < -0.39 is 4.92 Å². The van der Waals surface area contributed by atoms with Crippen molar-refractivity contribution in [2.45, 2.75) is 26.2 Å². The van der Waals surface area contributed by atoms with Crippen LogP contribution in [-0.2, 0) is 17.2 Å². The van der Waals surface area contributed by atoms with Crippen molar-refractivity contribution < 1.29 is 14.5 Å². The molecule has 3 rings (SSSR count). The fraction of sp³-hybridized carbons (Fsp3) is 0.200. The van der Waals surface area contributed by atoms with Gasteiger partial charge in [-0.3, -0.25) is 14.9 Å². The number of hydrazone groups is 1. The van der Waals surface area contributed by atoms with Crippen LogP contribution < -0.4 is 10.2 Å². The number of nitro benzene ring substituents is 1. The Balaban J connectivity index is 1.39. The molecule has 0 aliphatic carbocycles. The first-order valence-electron chi connectivity index (χ1n) is 10.3. The topological polar surface area (TPSA) is 93.8 Å². The highest BCUT2D eigenvalue weighted by atomic mass is 32.2. The highest BCUT2D eigenvalue weighted by Crippen LogP contribution is 2.17. The van der Waals surface area contributed by atoms with Gasteiger partial charge in [-0.25, -0.2) is 5.43 Å². The molecule has 0 aliphatic heterocycles. The Kier molecular flexibility index (Phi) is 8.60. The lowest BCUT2D eigenvalue weighted by Gasteiger charge is -2.06. The molecule has 0 aliphatic rings. The smallest absolute Gasteiger partial charge is 0.269 e. The molecule has 0 atom stereocenters. The molecule has 3 aromatic carbocycles. The molecule has 0 unspecified atom stereocenters. The molecule has 3 aromatic rings. The van der Waals surface area contributed by atoms with Crippen molar-refractivity contribution in [3.63, 3.8) is 0 Å². The minimum Gasteiger partial charge on any atom is -0.489 e. The maximum Gasteiger partial charge on any atom is 0.269 e. The summed E-state index contributed by atoms with van der Waals surface area (Å²) in [6.45, 7) is 4.45. The molecule has 0 fully saturated rings. The number of non-ortho nitro benzene ring substituents is 1. The van der Waals surface area contributed by atoms with Crippen LogP contribution in [0.5, 0.6) is 5.75 Å². The van der Waals surface area contributed by atoms with Gasteiger partial charge < -0.3 is 4.74 Å². The van der Waals surface area contributed by atoms with Gasteiger partial charge in [0.05, 0.1) is 16.9 Å². The summed E-state index contributed by atoms with van der Waals surface area (Å²) in [7, 11) is 0. The number of nitrogens with zero attached hydrogens (tertiary/aromatic N) is 2. The quantitative estimate of drug-likeness (QED) is 0.254. The van der Waals surface area contributed by atoms with Gasteiger partial charge in [0.15, 0.2) is 0 Å². The van der Waals surface area contributed by atoms with Gasteiger partial charge in [-0.1, -0.05) is 29.3 Å². The van der Waals surface area contributed by atoms with E-state index >= 15 is 0 Å². The van der Waals surface area contributed by atoms with Crippen molar-refractivity contribution in [1.29, 1.82) is 0 Å². The molecule has 0 spiro atoms. The number of hydrogen-bond donors (Lipinski definition) is 1. The Morgan fingerprint density at radius 3 is 2.33 bits per heavy atom. The summed E-state index contributed by atoms with van der Waals surface area (Å²) in [5.74, 6) is 1.63. The fourth-order valence-corrected chi connectivity index (χ4v) is 3.91. The summed E-state index contributed by atoms with van der Waals surface area (Å²) in [4.78, 5) is 22.3. The summed E-state index contributed by atoms with van der Waals surface area (Å²) in [6.07, 6.45) is 1.58. The molecule has 0 saturated carbocycles. The highest BCUT2D eigenvalue weighted by Gasteiger charge is 2.05. The van der Waals surface area contributed by atoms with E-state index in [1.165, 1.54) is 28.8 Å². The standard InChI is InChI=1S/C25H25N3O4S/c1-18-11-19(2)13-22(12-18)16-33-17-25(29)27-26-14-20-5-9-24(10-6-20)32-15-21-3-7-23(8-4-21)28(30)31/h3-14H,15-17H2,1-2H3,(H,27,29)/b26-14-. The van der Waals surface area contributed by atoms with E-state index in [4.69, 9.17) is 4.74 Å². The minimum atomic E-state index is -0.432. The summed E-state index contributed by atoms with van der Waals surface area (Å²) >= 11 is 1.55. The number of hydrogen-bond acceptors (Lipinski definition) is 6. The van der Waals surface area contributed by atoms with Crippen LogP contribution >= 0.6 is 11.8 Å². The Hall–Kier alpha value is -3.65. The monoisotopic (exact) mass is 463 g/mol. The maximum atomic E-state index is 12.0. The third-order valence-electron chi connectivity index (χ3n) is 4.62. The van der Waals surface area contributed by atoms with Crippen molar-refractivity contribution in [3.8, 4) is 5.75 Å². The first kappa shape index (κ1) is 24.0. The Morgan fingerprint density at radius 1 is 1.03 bits per heavy atom. The lowest BCUT2D eigenvalue weighted by Crippen LogP contribution is -2.19. The van der Waals surface area contributed by atoms with Crippen LogP contribution in [0.25, 0.3) is 0 Å². The molecule has 33 heavy (non-hydrogen) atoms. The number of rotatable bonds is 10. The van der Waals surface area contributed by atoms with E-state index in [-0.39, 0.29) is 11.6 Å². The summed E-state index contributed by atoms with van der Waals surface area (Å²) in [5, 5.41) is 14.7. The van der Waals surface area contributed by atoms with E-state index in [1.54, 1.807) is 42.2 Å². The maximum absolute atomic E-state index is 12.0. The summed E-state index contributed by atoms with van der Waals surface area (Å²) in [6, 6.07) is 19.9. The van der Waals surface area contributed by atoms with Gasteiger partial charge in [0, 0.05) is 17.9 Å². The van der Waals surface area contributed by atoms with Crippen LogP contribution in [0, 0.1) is 24.0 Å². The minimum absolute atomic E-state index is 0.0504. The molecule has 7 nitrogen and oxygen atoms in total. The SMILES string of the molecule is Cc1cc(C)cc(CSCC(=O)N/N=C\c2ccc(OCc3ccc([N+](=O)[O-])cc3)cc2)c1. The number of thioether (sulfide) groups is 1. The lowest BCUT2D eigenvalue weighted by molar-refractivity contribution is -0.384. The van der Waals surface area contributed by atoms with Gasteiger partial charge in [0.1, 0.15) is 12.4 Å². The van der Waals surface area contributed by atoms with E-state index in [0.29, 0.717) is 18.1 Å². The lowest BCUT2D eigenvalue weighted by atomic mass is 10.1. The highest BCUT2D eigenvalue weighted by molar-refractivity contribution is 7.99. The number of ether oxygens (including phenoxy) is 1. The van der Waals surface area contributed by atoms with Gasteiger partial charge in [-0.2, -0.15) is 5.10 Å². The largest absolute Gasteiger partial charge is 0.489 e. The predicted octanol–water partition coefficient (Wildman–Crippen LogP) is 5.17. The summed E-state index contributed by atoms with van der Waals surface area (Å²) < 4.78 is 5.70. The Morgan fingerprint density at radius 2 is 1.70 bits per heavy atom. The molecule has 0 bridgehead atoms. The van der Waals surface area contributed by atoms with Crippen molar-refractivity contribution in [2.24, 2.45) is 5.10 Å². The van der Waals surface area contributed by atoms with Crippen LogP contribution in [0.15, 0.2) is 71.8 Å². The first-order valence-corrected chi connectivity index (χ1v) is 11.5. The second kappa shape index (κ2) is 11.8. The van der Waals surface area contributed by atoms with Crippen LogP contribution in [0.4, 0.5) is 5.69 Å². The number of benzene rings is 3. The van der Waals surface area contributed by atoms with Crippen molar-refractivity contribution in [2.75, 3.05) is 5.75 Å². The van der Waals surface area contributed by atoms with E-state index in [9.17, 15) is 14.9 Å². The van der Waals surface area contributed by atoms with Crippen LogP contribution in [0.1, 0.15) is 27.8 Å². The molecule has 0 heterocycles. The number of carbonyl (C=O) groups excluding carboxylic acids is 1. The van der Waals surface area contributed by atoms with Gasteiger partial charge in [-0.05, 0) is 66.9 Å². The third-order valence-corrected chi connectivity index (χ3v) is 5.62. The van der Waals surface area contributed by atoms with Gasteiger partial charge in [-0.15, -0.1) is 11.8 Å². The molecular weight excluding hydrogens is 438 g/mol. The number of nitrogens with one attached hydrogen (secondary N) is 1. The number of aryl methyl sites for hydroxylation is 2. The zero-order chi connectivity index (χ0) is 23.6. The third kappa shape index (κ3) is 8.08. The normalized spacial score (nSPS) is 10.8. The van der Waals surface area contributed by atoms with Crippen LogP contribution in [-0.4, -0.2) is 22.8 Å². The van der Waals surface area contributed by atoms with Crippen LogP contribution in [0.3, 0.4) is 0 Å². The number of nitro groups is 1. The molecule has 170 valence electrons. The molecule has 0 saturated heterocycles. The van der Waals surface area contributed by atoms with Crippen molar-refractivity contribution in [3.05, 3.63) is 105 Å². The second-order valence-corrected chi connectivity index (χ2v) is 8.55. The van der Waals surface area contributed by atoms with Crippen molar-refractivity contribution in [1.82, 2.24) is 5.43 Å². The average molecular weight is 464 g/mol. The molecule has 1 amide bonds. The van der Waals surface area contributed by atoms with Crippen molar-refractivity contribution >= 4 is 29.6 Å². The molecule has 1 N–H and O–H groups in total. The Labute approximate surface area is 197 Å². The van der Waals surface area contributed by atoms with E-state index in [2.05, 4.69) is 42.6 Å². The van der Waals surface area contributed by atoms with Gasteiger partial charge in [0.2, 0.25) is 5.91 Å². The zero-order valence-corrected chi connectivity index (χ0v) is 19.3. The summed E-state index contributed by atoms with van der Waals surface area (Å²) in [5.41, 5.74) is 7.91. The zero-order valence-electron chi connectivity index (χ0n) is 18.5. The molecule has 0 radical (unpaired) electrons. The average Bonchev–Trinajstić information content (AvgIpc) is 2.78. The van der Waals surface area contributed by atoms with Gasteiger partial charge >= 0.3 is 0 Å². The second-order valence-electron chi connectivity index (χ2n) is 7.56. The number of amides is 1. The van der Waals surface area contributed by atoms with Gasteiger partial charge in [0.25, 0.3) is 5.69 Å². The predicted molar refractivity (Wildman–Crippen MR) is 132 cm³/mol. The molecular formula is C25H25N3O4S. The first-order chi connectivity index (χ1) is 15.9. The molecule has 0 aromatic heterocycles. The molecule has 8 heteroatoms. The van der Waals surface area contributed by atoms with E-state index in [1.807, 2.05) is 12.1 Å².